The Hall–Kier alpha value is -0.240. The number of rotatable bonds is 3. The Bertz CT molecular complexity index is 169. The molecule has 1 nitrogen and oxygen atoms in total. The zero-order valence-corrected chi connectivity index (χ0v) is 9.48. The normalized spacial score (nSPS) is 13.8. The van der Waals surface area contributed by atoms with E-state index in [9.17, 15) is 0 Å². The second kappa shape index (κ2) is 6.30. The van der Waals surface area contributed by atoms with Gasteiger partial charge in [-0.3, -0.25) is 4.99 Å². The van der Waals surface area contributed by atoms with Crippen LogP contribution >= 0.6 is 11.8 Å². The van der Waals surface area contributed by atoms with Crippen LogP contribution in [0, 0.1) is 11.8 Å². The third-order valence-electron chi connectivity index (χ3n) is 1.37. The molecule has 0 radical (unpaired) electrons. The third-order valence-corrected chi connectivity index (χ3v) is 2.56. The van der Waals surface area contributed by atoms with Crippen molar-refractivity contribution in [2.24, 2.45) is 16.8 Å². The van der Waals surface area contributed by atoms with Gasteiger partial charge in [0.15, 0.2) is 0 Å². The van der Waals surface area contributed by atoms with E-state index in [0.29, 0.717) is 11.8 Å². The van der Waals surface area contributed by atoms with Gasteiger partial charge in [-0.1, -0.05) is 45.5 Å². The van der Waals surface area contributed by atoms with E-state index in [2.05, 4.69) is 44.2 Å². The van der Waals surface area contributed by atoms with Gasteiger partial charge >= 0.3 is 0 Å². The molecule has 0 saturated carbocycles. The Morgan fingerprint density at radius 3 is 2.17 bits per heavy atom. The van der Waals surface area contributed by atoms with Gasteiger partial charge in [-0.2, -0.15) is 0 Å². The van der Waals surface area contributed by atoms with Crippen molar-refractivity contribution in [3.05, 3.63) is 11.5 Å². The fourth-order valence-corrected chi connectivity index (χ4v) is 1.62. The lowest BCUT2D eigenvalue weighted by molar-refractivity contribution is 0.834. The highest BCUT2D eigenvalue weighted by atomic mass is 32.2. The second-order valence-corrected chi connectivity index (χ2v) is 4.33. The fourth-order valence-electron chi connectivity index (χ4n) is 0.713. The van der Waals surface area contributed by atoms with E-state index in [1.807, 2.05) is 7.05 Å². The summed E-state index contributed by atoms with van der Waals surface area (Å²) in [6, 6.07) is 0. The van der Waals surface area contributed by atoms with Crippen LogP contribution in [-0.4, -0.2) is 12.1 Å². The van der Waals surface area contributed by atoms with E-state index >= 15 is 0 Å². The van der Waals surface area contributed by atoms with Crippen LogP contribution in [0.2, 0.25) is 0 Å². The number of nitrogens with zero attached hydrogens (tertiary/aromatic N) is 1. The molecule has 0 aliphatic carbocycles. The van der Waals surface area contributed by atoms with E-state index in [4.69, 9.17) is 0 Å². The Balaban J connectivity index is 3.90. The van der Waals surface area contributed by atoms with Crippen LogP contribution in [0.5, 0.6) is 0 Å². The maximum Gasteiger partial charge on any atom is 0.0739 e. The lowest BCUT2D eigenvalue weighted by Gasteiger charge is -2.04. The van der Waals surface area contributed by atoms with E-state index < -0.39 is 0 Å². The molecule has 0 aliphatic rings. The van der Waals surface area contributed by atoms with Gasteiger partial charge in [-0.05, 0) is 11.3 Å². The zero-order chi connectivity index (χ0) is 9.56. The minimum absolute atomic E-state index is 0.539. The molecule has 70 valence electrons. The molecule has 12 heavy (non-hydrogen) atoms. The van der Waals surface area contributed by atoms with E-state index in [-0.39, 0.29) is 0 Å². The lowest BCUT2D eigenvalue weighted by atomic mass is 10.2. The van der Waals surface area contributed by atoms with Gasteiger partial charge in [0, 0.05) is 13.0 Å². The molecule has 0 atom stereocenters. The van der Waals surface area contributed by atoms with Crippen molar-refractivity contribution in [3.63, 3.8) is 0 Å². The van der Waals surface area contributed by atoms with E-state index in [1.54, 1.807) is 11.8 Å². The van der Waals surface area contributed by atoms with Gasteiger partial charge in [-0.25, -0.2) is 0 Å². The molecular weight excluding hydrogens is 166 g/mol. The van der Waals surface area contributed by atoms with Crippen LogP contribution in [0.4, 0.5) is 0 Å². The summed E-state index contributed by atoms with van der Waals surface area (Å²) >= 11 is 1.73. The van der Waals surface area contributed by atoms with Gasteiger partial charge in [0.1, 0.15) is 0 Å². The zero-order valence-electron chi connectivity index (χ0n) is 8.66. The molecular formula is C10H19NS. The second-order valence-electron chi connectivity index (χ2n) is 3.41. The topological polar surface area (TPSA) is 12.4 Å². The molecule has 0 saturated heterocycles. The predicted octanol–water partition coefficient (Wildman–Crippen LogP) is 3.57. The molecule has 0 heterocycles. The number of hydrogen-bond donors (Lipinski definition) is 0. The summed E-state index contributed by atoms with van der Waals surface area (Å²) in [4.78, 5) is 4.21. The highest BCUT2D eigenvalue weighted by molar-refractivity contribution is 8.16. The molecule has 0 N–H and O–H groups in total. The quantitative estimate of drug-likeness (QED) is 0.483. The number of allylic oxidation sites excluding steroid dienone is 1. The van der Waals surface area contributed by atoms with Crippen molar-refractivity contribution in [1.82, 2.24) is 0 Å². The Kier molecular flexibility index (Phi) is 6.17. The molecule has 0 rings (SSSR count). The van der Waals surface area contributed by atoms with Crippen LogP contribution in [-0.2, 0) is 0 Å². The van der Waals surface area contributed by atoms with Gasteiger partial charge in [0.25, 0.3) is 0 Å². The molecule has 0 aliphatic heterocycles. The SMILES string of the molecule is CN=C(S/C=C/C(C)C)C(C)C. The van der Waals surface area contributed by atoms with Crippen LogP contribution in [0.15, 0.2) is 16.5 Å². The summed E-state index contributed by atoms with van der Waals surface area (Å²) in [5, 5.41) is 3.33. The fraction of sp³-hybridized carbons (Fsp3) is 0.700. The first-order valence-corrected chi connectivity index (χ1v) is 5.26. The first-order valence-electron chi connectivity index (χ1n) is 4.38. The van der Waals surface area contributed by atoms with Crippen molar-refractivity contribution < 1.29 is 0 Å². The largest absolute Gasteiger partial charge is 0.286 e. The summed E-state index contributed by atoms with van der Waals surface area (Å²) in [6.07, 6.45) is 2.19. The van der Waals surface area contributed by atoms with Crippen LogP contribution in [0.3, 0.4) is 0 Å². The molecule has 0 unspecified atom stereocenters. The van der Waals surface area contributed by atoms with Crippen LogP contribution < -0.4 is 0 Å². The monoisotopic (exact) mass is 185 g/mol. The Morgan fingerprint density at radius 2 is 1.83 bits per heavy atom. The molecule has 0 amide bonds. The first-order chi connectivity index (χ1) is 5.57. The molecule has 0 aromatic carbocycles. The third kappa shape index (κ3) is 5.42. The highest BCUT2D eigenvalue weighted by Gasteiger charge is 2.01. The Labute approximate surface area is 80.4 Å². The summed E-state index contributed by atoms with van der Waals surface area (Å²) in [5.74, 6) is 1.17. The van der Waals surface area contributed by atoms with Crippen molar-refractivity contribution in [1.29, 1.82) is 0 Å². The molecule has 0 aromatic heterocycles. The van der Waals surface area contributed by atoms with E-state index in [0.717, 1.165) is 0 Å². The molecule has 0 aromatic rings. The summed E-state index contributed by atoms with van der Waals surface area (Å²) < 4.78 is 0. The molecule has 2 heteroatoms. The smallest absolute Gasteiger partial charge is 0.0739 e. The lowest BCUT2D eigenvalue weighted by Crippen LogP contribution is -2.00. The van der Waals surface area contributed by atoms with Crippen molar-refractivity contribution in [2.75, 3.05) is 7.05 Å². The minimum Gasteiger partial charge on any atom is -0.286 e. The van der Waals surface area contributed by atoms with Crippen molar-refractivity contribution >= 4 is 16.8 Å². The standard InChI is InChI=1S/C10H19NS/c1-8(2)6-7-12-10(11-5)9(3)4/h6-9H,1-5H3/b7-6+,11-10?. The average Bonchev–Trinajstić information content (AvgIpc) is 1.96. The number of aliphatic imine (C=N–C) groups is 1. The number of hydrogen-bond acceptors (Lipinski definition) is 2. The van der Waals surface area contributed by atoms with Gasteiger partial charge in [0.2, 0.25) is 0 Å². The van der Waals surface area contributed by atoms with Crippen LogP contribution in [0.1, 0.15) is 27.7 Å². The molecule has 0 fully saturated rings. The van der Waals surface area contributed by atoms with Gasteiger partial charge in [-0.15, -0.1) is 0 Å². The summed E-state index contributed by atoms with van der Waals surface area (Å²) in [6.45, 7) is 8.68. The maximum atomic E-state index is 4.21. The van der Waals surface area contributed by atoms with Crippen LogP contribution in [0.25, 0.3) is 0 Å². The average molecular weight is 185 g/mol. The van der Waals surface area contributed by atoms with Gasteiger partial charge < -0.3 is 0 Å². The summed E-state index contributed by atoms with van der Waals surface area (Å²) in [5.41, 5.74) is 0. The van der Waals surface area contributed by atoms with Crippen molar-refractivity contribution in [3.8, 4) is 0 Å². The summed E-state index contributed by atoms with van der Waals surface area (Å²) in [7, 11) is 1.85. The maximum absolute atomic E-state index is 4.21. The van der Waals surface area contributed by atoms with Crippen molar-refractivity contribution in [2.45, 2.75) is 27.7 Å². The Morgan fingerprint density at radius 1 is 1.25 bits per heavy atom. The first kappa shape index (κ1) is 11.8. The highest BCUT2D eigenvalue weighted by Crippen LogP contribution is 2.14. The van der Waals surface area contributed by atoms with Gasteiger partial charge in [0.05, 0.1) is 5.04 Å². The number of thioether (sulfide) groups is 1. The minimum atomic E-state index is 0.539. The molecule has 0 bridgehead atoms. The molecule has 0 spiro atoms. The predicted molar refractivity (Wildman–Crippen MR) is 59.8 cm³/mol. The van der Waals surface area contributed by atoms with E-state index in [1.165, 1.54) is 5.04 Å².